The summed E-state index contributed by atoms with van der Waals surface area (Å²) in [5.74, 6) is 5.03. The molecule has 28 heteroatoms. The fourth-order valence-corrected chi connectivity index (χ4v) is 16.2. The van der Waals surface area contributed by atoms with Crippen molar-refractivity contribution in [1.29, 1.82) is 0 Å². The van der Waals surface area contributed by atoms with Crippen molar-refractivity contribution in [3.8, 4) is 5.75 Å². The summed E-state index contributed by atoms with van der Waals surface area (Å²) in [6.45, 7) is 43.2. The van der Waals surface area contributed by atoms with Crippen molar-refractivity contribution in [1.82, 2.24) is 0 Å². The van der Waals surface area contributed by atoms with Crippen molar-refractivity contribution in [2.24, 2.45) is 41.4 Å². The van der Waals surface area contributed by atoms with Crippen LogP contribution in [0.3, 0.4) is 0 Å². The van der Waals surface area contributed by atoms with Crippen LogP contribution in [0.1, 0.15) is 151 Å². The molecule has 0 aromatic heterocycles. The highest BCUT2D eigenvalue weighted by atomic mass is 16.6. The summed E-state index contributed by atoms with van der Waals surface area (Å²) in [5, 5.41) is 0. The van der Waals surface area contributed by atoms with E-state index in [1.54, 1.807) is 0 Å². The minimum Gasteiger partial charge on any atom is -0.491 e. The van der Waals surface area contributed by atoms with Gasteiger partial charge >= 0.3 is 0 Å². The Bertz CT molecular complexity index is 2420. The molecule has 0 N–H and O–H groups in total. The zero-order valence-corrected chi connectivity index (χ0v) is 74.4. The average molecular weight is 1700 g/mol. The largest absolute Gasteiger partial charge is 0.491 e. The second-order valence-corrected chi connectivity index (χ2v) is 32.2. The Morgan fingerprint density at radius 3 is 0.899 bits per heavy atom. The summed E-state index contributed by atoms with van der Waals surface area (Å²) in [6, 6.07) is 9.79. The Balaban J connectivity index is 0.000000179. The lowest BCUT2D eigenvalue weighted by Gasteiger charge is -2.29. The molecule has 6 aliphatic heterocycles. The summed E-state index contributed by atoms with van der Waals surface area (Å²) in [4.78, 5) is 0. The van der Waals surface area contributed by atoms with Gasteiger partial charge in [0.2, 0.25) is 0 Å². The molecule has 12 aliphatic rings. The van der Waals surface area contributed by atoms with Gasteiger partial charge in [-0.3, -0.25) is 0 Å². The first-order valence-electron chi connectivity index (χ1n) is 46.6. The van der Waals surface area contributed by atoms with Crippen molar-refractivity contribution >= 4 is 0 Å². The Kier molecular flexibility index (Phi) is 57.1. The minimum absolute atomic E-state index is 0.355. The smallest absolute Gasteiger partial charge is 0.119 e. The van der Waals surface area contributed by atoms with Crippen LogP contribution >= 0.6 is 0 Å². The molecule has 13 rings (SSSR count). The number of hydrogen-bond acceptors (Lipinski definition) is 28. The lowest BCUT2D eigenvalue weighted by molar-refractivity contribution is -0.0188. The number of ether oxygens (including phenoxy) is 28. The van der Waals surface area contributed by atoms with E-state index in [1.807, 2.05) is 78.8 Å². The van der Waals surface area contributed by atoms with Gasteiger partial charge in [0.25, 0.3) is 0 Å². The van der Waals surface area contributed by atoms with E-state index in [9.17, 15) is 0 Å². The molecule has 1 aromatic carbocycles. The summed E-state index contributed by atoms with van der Waals surface area (Å²) in [6.07, 6.45) is 25.4. The Labute approximate surface area is 715 Å². The Hall–Kier alpha value is -2.06. The maximum atomic E-state index is 5.89. The summed E-state index contributed by atoms with van der Waals surface area (Å²) < 4.78 is 154. The van der Waals surface area contributed by atoms with Gasteiger partial charge in [0.05, 0.1) is 278 Å². The van der Waals surface area contributed by atoms with Gasteiger partial charge in [-0.1, -0.05) is 18.2 Å². The second-order valence-electron chi connectivity index (χ2n) is 32.2. The number of fused-ring (bicyclic) bond motifs is 6. The molecule has 6 saturated carbocycles. The first kappa shape index (κ1) is 102. The first-order valence-corrected chi connectivity index (χ1v) is 46.6. The molecule has 0 bridgehead atoms. The van der Waals surface area contributed by atoms with Crippen LogP contribution in [0.15, 0.2) is 30.3 Å². The van der Waals surface area contributed by atoms with Crippen molar-refractivity contribution in [3.05, 3.63) is 30.3 Å². The van der Waals surface area contributed by atoms with Crippen LogP contribution in [0.2, 0.25) is 0 Å². The van der Waals surface area contributed by atoms with Gasteiger partial charge in [0, 0.05) is 96.9 Å². The van der Waals surface area contributed by atoms with Crippen molar-refractivity contribution in [3.63, 3.8) is 0 Å². The third-order valence-corrected chi connectivity index (χ3v) is 23.3. The van der Waals surface area contributed by atoms with Crippen LogP contribution in [0, 0.1) is 41.4 Å². The summed E-state index contributed by atoms with van der Waals surface area (Å²) in [5.41, 5.74) is 0. The van der Waals surface area contributed by atoms with Gasteiger partial charge in [-0.2, -0.15) is 0 Å². The molecule has 0 radical (unpaired) electrons. The SMILES string of the molecule is CCOCCOCC1CC2OC2CC1COCCOCC.CCOCCOCCOC1CCC2OC2C1.CCOCCOCCOCC1CCC(COCCOCCOCC)C2OC12.CCOCCOCCOCC1CCC2OC12.CCOCCOCCOCC1CCC2OC2CC1.c1ccc(OCCOCCOCC2CCC3OC3C2)cc1. The highest BCUT2D eigenvalue weighted by Gasteiger charge is 2.53. The van der Waals surface area contributed by atoms with E-state index < -0.39 is 0 Å². The lowest BCUT2D eigenvalue weighted by Crippen LogP contribution is -2.32. The van der Waals surface area contributed by atoms with Crippen molar-refractivity contribution in [2.75, 3.05) is 277 Å². The molecule has 19 unspecified atom stereocenters. The third kappa shape index (κ3) is 47.5. The topological polar surface area (TPSA) is 278 Å². The van der Waals surface area contributed by atoms with E-state index in [0.29, 0.717) is 300 Å². The predicted octanol–water partition coefficient (Wildman–Crippen LogP) is 11.1. The molecule has 119 heavy (non-hydrogen) atoms. The summed E-state index contributed by atoms with van der Waals surface area (Å²) >= 11 is 0. The zero-order chi connectivity index (χ0) is 83.5. The molecule has 6 saturated heterocycles. The molecule has 1 aromatic rings. The standard InChI is InChI=1S/C20H38O7.C17H24O4.C16H30O5.C14H26O4.2C12H22O4/c1-3-21-7-9-23-11-13-25-15-17-5-6-18(20-19(17)27-20)16-26-14-12-24-10-8-22-4-2;1-2-4-15(5-3-1)20-11-10-18-8-9-19-13-14-6-7-16-17(12-14)21-16;1-3-17-5-7-19-11-13-9-15-16(21-15)10-14(13)12-20-8-6-18-4-2;1-2-15-7-8-16-9-10-17-11-12-3-5-13-14(18-13)6-4-12;1-2-13-5-6-14-7-8-15-9-10-3-4-11-12(10)16-11;1-2-13-5-6-14-7-8-15-10-3-4-11-12(9-10)16-11/h17-20H,3-16H2,1-2H3;1-5,14,16-17H,6-13H2;13-16H,3-12H2,1-2H3;12-14H,2-11H2,1H3;2*10-12H,2-9H2,1H3. The monoisotopic (exact) mass is 1700 g/mol. The molecule has 0 amide bonds. The molecule has 12 fully saturated rings. The first-order chi connectivity index (χ1) is 58.8. The van der Waals surface area contributed by atoms with Gasteiger partial charge in [-0.25, -0.2) is 0 Å². The van der Waals surface area contributed by atoms with Gasteiger partial charge < -0.3 is 133 Å². The van der Waals surface area contributed by atoms with Gasteiger partial charge in [0.15, 0.2) is 0 Å². The molecule has 19 atom stereocenters. The number of para-hydroxylation sites is 1. The van der Waals surface area contributed by atoms with Gasteiger partial charge in [-0.05, 0) is 181 Å². The second kappa shape index (κ2) is 66.3. The normalized spacial score (nSPS) is 29.7. The van der Waals surface area contributed by atoms with Crippen molar-refractivity contribution in [2.45, 2.75) is 231 Å². The van der Waals surface area contributed by atoms with E-state index in [4.69, 9.17) is 133 Å². The highest BCUT2D eigenvalue weighted by molar-refractivity contribution is 5.20. The van der Waals surface area contributed by atoms with Crippen LogP contribution < -0.4 is 4.74 Å². The maximum absolute atomic E-state index is 5.89. The third-order valence-electron chi connectivity index (χ3n) is 23.3. The Morgan fingerprint density at radius 2 is 0.513 bits per heavy atom. The number of rotatable bonds is 65. The predicted molar refractivity (Wildman–Crippen MR) is 448 cm³/mol. The van der Waals surface area contributed by atoms with Crippen molar-refractivity contribution < 1.29 is 133 Å². The lowest BCUT2D eigenvalue weighted by atomic mass is 9.80. The Morgan fingerprint density at radius 1 is 0.218 bits per heavy atom. The molecular weight excluding hydrogens is 1540 g/mol. The van der Waals surface area contributed by atoms with Gasteiger partial charge in [0.1, 0.15) is 12.4 Å². The molecule has 6 aliphatic carbocycles. The van der Waals surface area contributed by atoms with Crippen LogP contribution in [0.4, 0.5) is 0 Å². The summed E-state index contributed by atoms with van der Waals surface area (Å²) in [7, 11) is 0. The van der Waals surface area contributed by atoms with Crippen LogP contribution in [0.5, 0.6) is 5.75 Å². The van der Waals surface area contributed by atoms with Gasteiger partial charge in [-0.15, -0.1) is 0 Å². The number of epoxide rings is 6. The molecule has 694 valence electrons. The van der Waals surface area contributed by atoms with E-state index >= 15 is 0 Å². The highest BCUT2D eigenvalue weighted by Crippen LogP contribution is 2.47. The average Bonchev–Trinajstić information content (AvgIpc) is 1.66. The zero-order valence-electron chi connectivity index (χ0n) is 74.4. The maximum Gasteiger partial charge on any atom is 0.119 e. The fourth-order valence-electron chi connectivity index (χ4n) is 16.2. The van der Waals surface area contributed by atoms with Crippen LogP contribution in [0.25, 0.3) is 0 Å². The molecule has 28 nitrogen and oxygen atoms in total. The van der Waals surface area contributed by atoms with Crippen LogP contribution in [-0.2, 0) is 128 Å². The number of benzene rings is 1. The molecule has 6 heterocycles. The number of hydrogen-bond donors (Lipinski definition) is 0. The molecule has 0 spiro atoms. The van der Waals surface area contributed by atoms with E-state index in [-0.39, 0.29) is 0 Å². The van der Waals surface area contributed by atoms with E-state index in [0.717, 1.165) is 143 Å². The fraction of sp³-hybridized carbons (Fsp3) is 0.934. The molecular formula is C91H162O28. The van der Waals surface area contributed by atoms with E-state index in [1.165, 1.54) is 64.2 Å². The minimum atomic E-state index is 0.355. The van der Waals surface area contributed by atoms with Crippen LogP contribution in [-0.4, -0.2) is 357 Å². The quantitative estimate of drug-likeness (QED) is 0.0433. The van der Waals surface area contributed by atoms with E-state index in [2.05, 4.69) is 0 Å².